The number of carbonyl (C=O) groups is 1. The predicted molar refractivity (Wildman–Crippen MR) is 69.9 cm³/mol. The Bertz CT molecular complexity index is 390. The summed E-state index contributed by atoms with van der Waals surface area (Å²) < 4.78 is 4.95. The van der Waals surface area contributed by atoms with Crippen molar-refractivity contribution in [3.63, 3.8) is 0 Å². The van der Waals surface area contributed by atoms with E-state index in [-0.39, 0.29) is 12.5 Å². The van der Waals surface area contributed by atoms with Crippen LogP contribution < -0.4 is 5.73 Å². The maximum Gasteiger partial charge on any atom is 0.242 e. The molecule has 0 spiro atoms. The predicted octanol–water partition coefficient (Wildman–Crippen LogP) is 1.15. The van der Waals surface area contributed by atoms with Gasteiger partial charge in [-0.3, -0.25) is 4.79 Å². The van der Waals surface area contributed by atoms with Crippen molar-refractivity contribution in [1.29, 1.82) is 0 Å². The van der Waals surface area contributed by atoms with Gasteiger partial charge in [0.2, 0.25) is 5.91 Å². The second-order valence-electron chi connectivity index (χ2n) is 4.74. The Hall–Kier alpha value is -1.39. The number of ether oxygens (including phenoxy) is 1. The van der Waals surface area contributed by atoms with Crippen molar-refractivity contribution in [3.05, 3.63) is 35.9 Å². The van der Waals surface area contributed by atoms with Crippen LogP contribution in [0.2, 0.25) is 0 Å². The first kappa shape index (κ1) is 13.1. The van der Waals surface area contributed by atoms with Crippen LogP contribution in [0.25, 0.3) is 0 Å². The van der Waals surface area contributed by atoms with E-state index < -0.39 is 6.04 Å². The van der Waals surface area contributed by atoms with Crippen LogP contribution in [0.4, 0.5) is 0 Å². The SMILES string of the molecule is COCC(N)C(=O)N(Cc1ccccc1)C1CC1. The largest absolute Gasteiger partial charge is 0.383 e. The zero-order valence-electron chi connectivity index (χ0n) is 10.7. The maximum atomic E-state index is 12.2. The van der Waals surface area contributed by atoms with E-state index >= 15 is 0 Å². The van der Waals surface area contributed by atoms with Crippen LogP contribution in [-0.2, 0) is 16.1 Å². The fourth-order valence-corrected chi connectivity index (χ4v) is 2.02. The Kier molecular flexibility index (Phi) is 4.33. The van der Waals surface area contributed by atoms with Gasteiger partial charge in [-0.25, -0.2) is 0 Å². The van der Waals surface area contributed by atoms with Gasteiger partial charge in [0.15, 0.2) is 0 Å². The highest BCUT2D eigenvalue weighted by Crippen LogP contribution is 2.28. The van der Waals surface area contributed by atoms with Crippen LogP contribution >= 0.6 is 0 Å². The van der Waals surface area contributed by atoms with E-state index in [0.29, 0.717) is 12.6 Å². The minimum Gasteiger partial charge on any atom is -0.383 e. The molecule has 2 rings (SSSR count). The lowest BCUT2D eigenvalue weighted by Gasteiger charge is -2.25. The second-order valence-corrected chi connectivity index (χ2v) is 4.74. The summed E-state index contributed by atoms with van der Waals surface area (Å²) >= 11 is 0. The number of nitrogens with two attached hydrogens (primary N) is 1. The van der Waals surface area contributed by atoms with Crippen molar-refractivity contribution in [1.82, 2.24) is 4.90 Å². The van der Waals surface area contributed by atoms with Gasteiger partial charge in [0.05, 0.1) is 6.61 Å². The summed E-state index contributed by atoms with van der Waals surface area (Å²) in [5, 5.41) is 0. The van der Waals surface area contributed by atoms with Gasteiger partial charge in [-0.1, -0.05) is 30.3 Å². The number of methoxy groups -OCH3 is 1. The zero-order chi connectivity index (χ0) is 13.0. The van der Waals surface area contributed by atoms with Crippen LogP contribution in [0.3, 0.4) is 0 Å². The highest BCUT2D eigenvalue weighted by Gasteiger charge is 2.34. The van der Waals surface area contributed by atoms with Gasteiger partial charge in [0.25, 0.3) is 0 Å². The molecular formula is C14H20N2O2. The first-order chi connectivity index (χ1) is 8.72. The molecule has 1 aliphatic rings. The lowest BCUT2D eigenvalue weighted by Crippen LogP contribution is -2.46. The van der Waals surface area contributed by atoms with Crippen molar-refractivity contribution < 1.29 is 9.53 Å². The minimum atomic E-state index is -0.556. The van der Waals surface area contributed by atoms with E-state index in [0.717, 1.165) is 18.4 Å². The summed E-state index contributed by atoms with van der Waals surface area (Å²) in [5.74, 6) is -0.0109. The lowest BCUT2D eigenvalue weighted by atomic mass is 10.2. The van der Waals surface area contributed by atoms with Gasteiger partial charge in [-0.05, 0) is 18.4 Å². The molecule has 0 radical (unpaired) electrons. The molecule has 1 saturated carbocycles. The molecule has 1 fully saturated rings. The Labute approximate surface area is 108 Å². The fourth-order valence-electron chi connectivity index (χ4n) is 2.02. The number of nitrogens with zero attached hydrogens (tertiary/aromatic N) is 1. The molecular weight excluding hydrogens is 228 g/mol. The van der Waals surface area contributed by atoms with E-state index in [2.05, 4.69) is 0 Å². The van der Waals surface area contributed by atoms with Crippen LogP contribution in [0.15, 0.2) is 30.3 Å². The average molecular weight is 248 g/mol. The van der Waals surface area contributed by atoms with Crippen molar-refractivity contribution in [2.75, 3.05) is 13.7 Å². The van der Waals surface area contributed by atoms with Crippen LogP contribution in [0.1, 0.15) is 18.4 Å². The van der Waals surface area contributed by atoms with Crippen LogP contribution in [0, 0.1) is 0 Å². The van der Waals surface area contributed by atoms with Gasteiger partial charge >= 0.3 is 0 Å². The topological polar surface area (TPSA) is 55.6 Å². The molecule has 18 heavy (non-hydrogen) atoms. The monoisotopic (exact) mass is 248 g/mol. The second kappa shape index (κ2) is 5.98. The molecule has 0 bridgehead atoms. The summed E-state index contributed by atoms with van der Waals surface area (Å²) in [6, 6.07) is 9.82. The van der Waals surface area contributed by atoms with Gasteiger partial charge in [-0.2, -0.15) is 0 Å². The molecule has 1 aliphatic carbocycles. The zero-order valence-corrected chi connectivity index (χ0v) is 10.7. The van der Waals surface area contributed by atoms with Crippen LogP contribution in [0.5, 0.6) is 0 Å². The molecule has 1 unspecified atom stereocenters. The third-order valence-corrected chi connectivity index (χ3v) is 3.13. The normalized spacial score (nSPS) is 16.3. The minimum absolute atomic E-state index is 0.0109. The van der Waals surface area contributed by atoms with E-state index in [9.17, 15) is 4.79 Å². The number of benzene rings is 1. The Morgan fingerprint density at radius 2 is 2.11 bits per heavy atom. The molecule has 98 valence electrons. The number of carbonyl (C=O) groups excluding carboxylic acids is 1. The standard InChI is InChI=1S/C14H20N2O2/c1-18-10-13(15)14(17)16(12-7-8-12)9-11-5-3-2-4-6-11/h2-6,12-13H,7-10,15H2,1H3. The summed E-state index contributed by atoms with van der Waals surface area (Å²) in [6.07, 6.45) is 2.16. The van der Waals surface area contributed by atoms with Gasteiger partial charge < -0.3 is 15.4 Å². The molecule has 2 N–H and O–H groups in total. The highest BCUT2D eigenvalue weighted by atomic mass is 16.5. The van der Waals surface area contributed by atoms with E-state index in [1.54, 1.807) is 7.11 Å². The smallest absolute Gasteiger partial charge is 0.242 e. The van der Waals surface area contributed by atoms with E-state index in [1.165, 1.54) is 0 Å². The molecule has 4 nitrogen and oxygen atoms in total. The Balaban J connectivity index is 2.02. The van der Waals surface area contributed by atoms with Gasteiger partial charge in [-0.15, -0.1) is 0 Å². The third kappa shape index (κ3) is 3.31. The van der Waals surface area contributed by atoms with Crippen molar-refractivity contribution in [3.8, 4) is 0 Å². The molecule has 0 heterocycles. The first-order valence-corrected chi connectivity index (χ1v) is 6.31. The molecule has 0 aromatic heterocycles. The molecule has 1 amide bonds. The lowest BCUT2D eigenvalue weighted by molar-refractivity contribution is -0.135. The van der Waals surface area contributed by atoms with E-state index in [4.69, 9.17) is 10.5 Å². The van der Waals surface area contributed by atoms with Gasteiger partial charge in [0.1, 0.15) is 6.04 Å². The van der Waals surface area contributed by atoms with Gasteiger partial charge in [0, 0.05) is 19.7 Å². The number of hydrogen-bond donors (Lipinski definition) is 1. The van der Waals surface area contributed by atoms with Crippen molar-refractivity contribution in [2.24, 2.45) is 5.73 Å². The first-order valence-electron chi connectivity index (χ1n) is 6.31. The van der Waals surface area contributed by atoms with Crippen molar-refractivity contribution >= 4 is 5.91 Å². The summed E-state index contributed by atoms with van der Waals surface area (Å²) in [6.45, 7) is 0.915. The third-order valence-electron chi connectivity index (χ3n) is 3.13. The molecule has 4 heteroatoms. The fraction of sp³-hybridized carbons (Fsp3) is 0.500. The number of amides is 1. The molecule has 1 atom stereocenters. The van der Waals surface area contributed by atoms with E-state index in [1.807, 2.05) is 35.2 Å². The average Bonchev–Trinajstić information content (AvgIpc) is 3.21. The molecule has 1 aromatic carbocycles. The number of hydrogen-bond acceptors (Lipinski definition) is 3. The maximum absolute atomic E-state index is 12.2. The molecule has 1 aromatic rings. The highest BCUT2D eigenvalue weighted by molar-refractivity contribution is 5.82. The molecule has 0 saturated heterocycles. The summed E-state index contributed by atoms with van der Waals surface area (Å²) in [4.78, 5) is 14.1. The quantitative estimate of drug-likeness (QED) is 0.821. The van der Waals surface area contributed by atoms with Crippen molar-refractivity contribution in [2.45, 2.75) is 31.5 Å². The Morgan fingerprint density at radius 3 is 2.67 bits per heavy atom. The Morgan fingerprint density at radius 1 is 1.44 bits per heavy atom. The summed E-state index contributed by atoms with van der Waals surface area (Å²) in [5.41, 5.74) is 6.97. The number of rotatable bonds is 6. The molecule has 0 aliphatic heterocycles. The summed E-state index contributed by atoms with van der Waals surface area (Å²) in [7, 11) is 1.56. The van der Waals surface area contributed by atoms with Crippen LogP contribution in [-0.4, -0.2) is 36.6 Å².